The summed E-state index contributed by atoms with van der Waals surface area (Å²) in [6, 6.07) is 15.8. The van der Waals surface area contributed by atoms with Gasteiger partial charge in [0.05, 0.1) is 20.8 Å². The van der Waals surface area contributed by atoms with Crippen molar-refractivity contribution in [1.29, 1.82) is 0 Å². The zero-order chi connectivity index (χ0) is 20.0. The minimum Gasteiger partial charge on any atom is -0.358 e. The van der Waals surface area contributed by atoms with Gasteiger partial charge in [-0.3, -0.25) is 9.59 Å². The van der Waals surface area contributed by atoms with Gasteiger partial charge in [-0.2, -0.15) is 0 Å². The van der Waals surface area contributed by atoms with E-state index in [4.69, 9.17) is 4.98 Å². The number of fused-ring (bicyclic) bond motifs is 2. The van der Waals surface area contributed by atoms with Crippen molar-refractivity contribution in [2.24, 2.45) is 0 Å². The van der Waals surface area contributed by atoms with Gasteiger partial charge in [-0.25, -0.2) is 4.98 Å². The first-order valence-corrected chi connectivity index (χ1v) is 10.7. The number of rotatable bonds is 3. The van der Waals surface area contributed by atoms with E-state index in [-0.39, 0.29) is 0 Å². The normalized spacial score (nSPS) is 15.3. The highest BCUT2D eigenvalue weighted by molar-refractivity contribution is 7.18. The van der Waals surface area contributed by atoms with E-state index in [1.165, 1.54) is 4.70 Å². The Balaban J connectivity index is 1.32. The highest BCUT2D eigenvalue weighted by Crippen LogP contribution is 2.34. The van der Waals surface area contributed by atoms with Crippen molar-refractivity contribution in [3.8, 4) is 0 Å². The molecule has 146 valence electrons. The van der Waals surface area contributed by atoms with Crippen LogP contribution in [-0.4, -0.2) is 39.6 Å². The molecule has 1 N–H and O–H groups in total. The van der Waals surface area contributed by atoms with Crippen LogP contribution in [0.3, 0.4) is 0 Å². The second-order valence-corrected chi connectivity index (χ2v) is 8.65. The SMILES string of the molecule is Cc1[nH]c2ccccc2c1C(=O)C(=O)N1CCC(c2nc3ccccc3s2)CC1. The van der Waals surface area contributed by atoms with Gasteiger partial charge < -0.3 is 9.88 Å². The standard InChI is InChI=1S/C23H21N3O2S/c1-14-20(16-6-2-3-7-17(16)24-14)21(27)23(28)26-12-10-15(11-13-26)22-25-18-8-4-5-9-19(18)29-22/h2-9,15,24H,10-13H2,1H3. The fraction of sp³-hybridized carbons (Fsp3) is 0.261. The third kappa shape index (κ3) is 3.13. The molecule has 3 heterocycles. The van der Waals surface area contributed by atoms with E-state index < -0.39 is 11.7 Å². The lowest BCUT2D eigenvalue weighted by Gasteiger charge is -2.30. The predicted molar refractivity (Wildman–Crippen MR) is 116 cm³/mol. The van der Waals surface area contributed by atoms with Gasteiger partial charge in [-0.15, -0.1) is 11.3 Å². The van der Waals surface area contributed by atoms with Crippen molar-refractivity contribution in [2.45, 2.75) is 25.7 Å². The van der Waals surface area contributed by atoms with Crippen LogP contribution < -0.4 is 0 Å². The van der Waals surface area contributed by atoms with Gasteiger partial charge >= 0.3 is 0 Å². The molecular weight excluding hydrogens is 382 g/mol. The Morgan fingerprint density at radius 3 is 2.59 bits per heavy atom. The van der Waals surface area contributed by atoms with Crippen molar-refractivity contribution in [3.05, 3.63) is 64.8 Å². The number of carbonyl (C=O) groups excluding carboxylic acids is 2. The first kappa shape index (κ1) is 18.1. The van der Waals surface area contributed by atoms with Crippen molar-refractivity contribution in [1.82, 2.24) is 14.9 Å². The Bertz CT molecular complexity index is 1200. The molecule has 4 aromatic rings. The number of Topliss-reactive ketones (excluding diaryl/α,β-unsaturated/α-hetero) is 1. The van der Waals surface area contributed by atoms with Crippen molar-refractivity contribution in [2.75, 3.05) is 13.1 Å². The second kappa shape index (κ2) is 7.12. The number of para-hydroxylation sites is 2. The first-order valence-electron chi connectivity index (χ1n) is 9.88. The number of thiazole rings is 1. The number of nitrogens with zero attached hydrogens (tertiary/aromatic N) is 2. The summed E-state index contributed by atoms with van der Waals surface area (Å²) in [4.78, 5) is 35.6. The lowest BCUT2D eigenvalue weighted by atomic mass is 9.96. The smallest absolute Gasteiger partial charge is 0.295 e. The van der Waals surface area contributed by atoms with E-state index in [1.54, 1.807) is 16.2 Å². The minimum atomic E-state index is -0.418. The third-order valence-electron chi connectivity index (χ3n) is 5.76. The molecule has 0 bridgehead atoms. The van der Waals surface area contributed by atoms with Gasteiger partial charge in [0.25, 0.3) is 11.7 Å². The number of amides is 1. The Labute approximate surface area is 172 Å². The molecule has 0 unspecified atom stereocenters. The molecule has 0 aliphatic carbocycles. The molecule has 0 spiro atoms. The summed E-state index contributed by atoms with van der Waals surface area (Å²) in [7, 11) is 0. The molecule has 0 radical (unpaired) electrons. The largest absolute Gasteiger partial charge is 0.358 e. The fourth-order valence-corrected chi connectivity index (χ4v) is 5.35. The average molecular weight is 404 g/mol. The molecular formula is C23H21N3O2S. The number of ketones is 1. The number of aromatic amines is 1. The van der Waals surface area contributed by atoms with Gasteiger partial charge in [-0.1, -0.05) is 30.3 Å². The van der Waals surface area contributed by atoms with Gasteiger partial charge in [-0.05, 0) is 38.0 Å². The number of nitrogens with one attached hydrogen (secondary N) is 1. The summed E-state index contributed by atoms with van der Waals surface area (Å²) in [5.74, 6) is -0.472. The van der Waals surface area contributed by atoms with Gasteiger partial charge in [0, 0.05) is 35.6 Å². The minimum absolute atomic E-state index is 0.348. The highest BCUT2D eigenvalue weighted by Gasteiger charge is 2.31. The first-order chi connectivity index (χ1) is 14.1. The lowest BCUT2D eigenvalue weighted by Crippen LogP contribution is -2.41. The lowest BCUT2D eigenvalue weighted by molar-refractivity contribution is -0.127. The van der Waals surface area contributed by atoms with Gasteiger partial charge in [0.1, 0.15) is 0 Å². The van der Waals surface area contributed by atoms with Crippen LogP contribution in [0.2, 0.25) is 0 Å². The molecule has 29 heavy (non-hydrogen) atoms. The summed E-state index contributed by atoms with van der Waals surface area (Å²) in [5, 5.41) is 1.95. The van der Waals surface area contributed by atoms with Crippen molar-refractivity contribution >= 4 is 44.1 Å². The monoisotopic (exact) mass is 403 g/mol. The summed E-state index contributed by atoms with van der Waals surface area (Å²) >= 11 is 1.74. The maximum atomic E-state index is 13.0. The number of carbonyl (C=O) groups is 2. The molecule has 2 aromatic heterocycles. The quantitative estimate of drug-likeness (QED) is 0.399. The van der Waals surface area contributed by atoms with Crippen LogP contribution in [0.4, 0.5) is 0 Å². The van der Waals surface area contributed by atoms with Crippen molar-refractivity contribution in [3.63, 3.8) is 0 Å². The maximum Gasteiger partial charge on any atom is 0.295 e. The molecule has 1 fully saturated rings. The topological polar surface area (TPSA) is 66.1 Å². The molecule has 0 saturated carbocycles. The van der Waals surface area contributed by atoms with E-state index in [0.717, 1.165) is 40.0 Å². The van der Waals surface area contributed by atoms with Gasteiger partial charge in [0.15, 0.2) is 0 Å². The van der Waals surface area contributed by atoms with Crippen LogP contribution in [0.1, 0.15) is 39.8 Å². The summed E-state index contributed by atoms with van der Waals surface area (Å²) in [6.45, 7) is 3.03. The third-order valence-corrected chi connectivity index (χ3v) is 6.96. The predicted octanol–water partition coefficient (Wildman–Crippen LogP) is 4.67. The van der Waals surface area contributed by atoms with Gasteiger partial charge in [0.2, 0.25) is 0 Å². The number of benzene rings is 2. The number of hydrogen-bond acceptors (Lipinski definition) is 4. The highest BCUT2D eigenvalue weighted by atomic mass is 32.1. The molecule has 1 aliphatic rings. The summed E-state index contributed by atoms with van der Waals surface area (Å²) < 4.78 is 1.20. The zero-order valence-electron chi connectivity index (χ0n) is 16.1. The maximum absolute atomic E-state index is 13.0. The summed E-state index contributed by atoms with van der Waals surface area (Å²) in [6.07, 6.45) is 1.68. The number of hydrogen-bond donors (Lipinski definition) is 1. The second-order valence-electron chi connectivity index (χ2n) is 7.59. The number of H-pyrrole nitrogens is 1. The molecule has 1 saturated heterocycles. The van der Waals surface area contributed by atoms with Crippen LogP contribution >= 0.6 is 11.3 Å². The van der Waals surface area contributed by atoms with Crippen LogP contribution in [0, 0.1) is 6.92 Å². The number of piperidine rings is 1. The molecule has 5 nitrogen and oxygen atoms in total. The van der Waals surface area contributed by atoms with Crippen LogP contribution in [-0.2, 0) is 4.79 Å². The van der Waals surface area contributed by atoms with Crippen molar-refractivity contribution < 1.29 is 9.59 Å². The average Bonchev–Trinajstić information content (AvgIpc) is 3.33. The molecule has 1 amide bonds. The Morgan fingerprint density at radius 1 is 1.07 bits per heavy atom. The number of aryl methyl sites for hydroxylation is 1. The fourth-order valence-electron chi connectivity index (χ4n) is 4.21. The molecule has 0 atom stereocenters. The Morgan fingerprint density at radius 2 is 1.79 bits per heavy atom. The van der Waals surface area contributed by atoms with E-state index in [1.807, 2.05) is 49.4 Å². The van der Waals surface area contributed by atoms with E-state index in [0.29, 0.717) is 24.6 Å². The van der Waals surface area contributed by atoms with E-state index in [2.05, 4.69) is 11.1 Å². The molecule has 6 heteroatoms. The van der Waals surface area contributed by atoms with Crippen LogP contribution in [0.25, 0.3) is 21.1 Å². The number of aromatic nitrogens is 2. The molecule has 5 rings (SSSR count). The Hall–Kier alpha value is -2.99. The zero-order valence-corrected chi connectivity index (χ0v) is 17.0. The molecule has 2 aromatic carbocycles. The number of likely N-dealkylation sites (tertiary alicyclic amines) is 1. The molecule has 1 aliphatic heterocycles. The Kier molecular flexibility index (Phi) is 4.43. The van der Waals surface area contributed by atoms with Crippen LogP contribution in [0.15, 0.2) is 48.5 Å². The van der Waals surface area contributed by atoms with E-state index >= 15 is 0 Å². The summed E-state index contributed by atoms with van der Waals surface area (Å²) in [5.41, 5.74) is 3.17. The van der Waals surface area contributed by atoms with Crippen LogP contribution in [0.5, 0.6) is 0 Å². The van der Waals surface area contributed by atoms with E-state index in [9.17, 15) is 9.59 Å².